The van der Waals surface area contributed by atoms with Crippen LogP contribution in [0.1, 0.15) is 55.1 Å². The topological polar surface area (TPSA) is 86.6 Å². The first-order valence-electron chi connectivity index (χ1n) is 11.7. The number of carbonyl (C=O) groups excluding carboxylic acids is 2. The summed E-state index contributed by atoms with van der Waals surface area (Å²) in [5.74, 6) is -2.57. The van der Waals surface area contributed by atoms with Crippen molar-refractivity contribution in [2.75, 3.05) is 14.2 Å². The highest BCUT2D eigenvalue weighted by Crippen LogP contribution is 2.40. The van der Waals surface area contributed by atoms with Gasteiger partial charge in [-0.3, -0.25) is 14.4 Å². The van der Waals surface area contributed by atoms with E-state index in [-0.39, 0.29) is 17.9 Å². The number of methoxy groups -OCH3 is 2. The van der Waals surface area contributed by atoms with Crippen molar-refractivity contribution in [3.63, 3.8) is 0 Å². The van der Waals surface area contributed by atoms with E-state index in [0.29, 0.717) is 5.56 Å². The number of hydrogen-bond acceptors (Lipinski definition) is 6. The average Bonchev–Trinajstić information content (AvgIpc) is 2.83. The molecular formula is C26H32N2O5. The maximum absolute atomic E-state index is 13.4. The second kappa shape index (κ2) is 9.91. The molecule has 1 fully saturated rings. The molecule has 7 heteroatoms. The molecule has 1 saturated carbocycles. The summed E-state index contributed by atoms with van der Waals surface area (Å²) in [5, 5.41) is 3.61. The van der Waals surface area contributed by atoms with Gasteiger partial charge in [0, 0.05) is 41.2 Å². The number of rotatable bonds is 5. The van der Waals surface area contributed by atoms with Gasteiger partial charge in [0.1, 0.15) is 0 Å². The van der Waals surface area contributed by atoms with E-state index in [1.807, 2.05) is 41.8 Å². The van der Waals surface area contributed by atoms with E-state index in [9.17, 15) is 14.4 Å². The zero-order valence-corrected chi connectivity index (χ0v) is 19.5. The summed E-state index contributed by atoms with van der Waals surface area (Å²) in [4.78, 5) is 39.3. The van der Waals surface area contributed by atoms with E-state index >= 15 is 0 Å². The van der Waals surface area contributed by atoms with Crippen LogP contribution in [0, 0.1) is 18.8 Å². The van der Waals surface area contributed by atoms with Crippen LogP contribution in [0.2, 0.25) is 0 Å². The van der Waals surface area contributed by atoms with Gasteiger partial charge >= 0.3 is 11.9 Å². The lowest BCUT2D eigenvalue weighted by Crippen LogP contribution is -2.51. The molecule has 2 aliphatic rings. The molecular weight excluding hydrogens is 420 g/mol. The first kappa shape index (κ1) is 23.2. The van der Waals surface area contributed by atoms with Gasteiger partial charge in [0.25, 0.3) is 0 Å². The normalized spacial score (nSPS) is 22.9. The third kappa shape index (κ3) is 4.47. The molecule has 0 aliphatic heterocycles. The number of aromatic nitrogens is 1. The number of esters is 2. The average molecular weight is 453 g/mol. The number of nitrogens with one attached hydrogen (secondary N) is 1. The number of benzene rings is 1. The van der Waals surface area contributed by atoms with Gasteiger partial charge in [0.05, 0.1) is 32.1 Å². The van der Waals surface area contributed by atoms with Crippen molar-refractivity contribution in [1.82, 2.24) is 9.88 Å². The van der Waals surface area contributed by atoms with Crippen LogP contribution in [-0.4, -0.2) is 36.8 Å². The Labute approximate surface area is 194 Å². The maximum Gasteiger partial charge on any atom is 0.311 e. The third-order valence-electron chi connectivity index (χ3n) is 7.07. The lowest BCUT2D eigenvalue weighted by Gasteiger charge is -2.40. The Kier molecular flexibility index (Phi) is 6.98. The summed E-state index contributed by atoms with van der Waals surface area (Å²) in [7, 11) is 2.65. The molecule has 2 aliphatic carbocycles. The minimum atomic E-state index is -0.837. The van der Waals surface area contributed by atoms with E-state index < -0.39 is 29.8 Å². The predicted molar refractivity (Wildman–Crippen MR) is 124 cm³/mol. The molecule has 3 atom stereocenters. The fraction of sp³-hybridized carbons (Fsp3) is 0.500. The molecule has 0 bridgehead atoms. The molecule has 1 aromatic heterocycles. The highest BCUT2D eigenvalue weighted by molar-refractivity contribution is 5.84. The quantitative estimate of drug-likeness (QED) is 0.701. The van der Waals surface area contributed by atoms with Crippen LogP contribution in [0.4, 0.5) is 0 Å². The fourth-order valence-corrected chi connectivity index (χ4v) is 5.55. The van der Waals surface area contributed by atoms with Gasteiger partial charge in [-0.05, 0) is 31.9 Å². The number of carbonyl (C=O) groups is 2. The SMILES string of the molecule is COC(=O)[C@@H]1[C@H](NC2CCCCC2)c2c(n(-c3ccccc3)c(C)cc2=O)C[C@H]1C(=O)OC. The molecule has 1 N–H and O–H groups in total. The highest BCUT2D eigenvalue weighted by atomic mass is 16.5. The molecule has 7 nitrogen and oxygen atoms in total. The van der Waals surface area contributed by atoms with E-state index in [4.69, 9.17) is 9.47 Å². The Morgan fingerprint density at radius 1 is 1.00 bits per heavy atom. The van der Waals surface area contributed by atoms with Gasteiger partial charge in [0.15, 0.2) is 5.43 Å². The van der Waals surface area contributed by atoms with Crippen molar-refractivity contribution < 1.29 is 19.1 Å². The molecule has 0 saturated heterocycles. The van der Waals surface area contributed by atoms with E-state index in [1.165, 1.54) is 20.6 Å². The standard InChI is InChI=1S/C26H32N2O5/c1-16-14-21(29)23-20(28(16)18-12-8-5-9-13-18)15-19(25(30)32-2)22(26(31)33-3)24(23)27-17-10-6-4-7-11-17/h5,8-9,12-14,17,19,22,24,27H,4,6-7,10-11,15H2,1-3H3/t19-,22+,24+/m1/s1. The number of hydrogen-bond donors (Lipinski definition) is 1. The number of aryl methyl sites for hydroxylation is 1. The Morgan fingerprint density at radius 2 is 1.67 bits per heavy atom. The second-order valence-corrected chi connectivity index (χ2v) is 9.04. The van der Waals surface area contributed by atoms with Crippen molar-refractivity contribution in [3.05, 3.63) is 63.6 Å². The fourth-order valence-electron chi connectivity index (χ4n) is 5.55. The number of fused-ring (bicyclic) bond motifs is 1. The molecule has 0 spiro atoms. The summed E-state index contributed by atoms with van der Waals surface area (Å²) >= 11 is 0. The molecule has 176 valence electrons. The summed E-state index contributed by atoms with van der Waals surface area (Å²) in [5.41, 5.74) is 2.85. The number of ether oxygens (including phenoxy) is 2. The second-order valence-electron chi connectivity index (χ2n) is 9.04. The van der Waals surface area contributed by atoms with Gasteiger partial charge in [0.2, 0.25) is 0 Å². The van der Waals surface area contributed by atoms with Gasteiger partial charge in [-0.2, -0.15) is 0 Å². The van der Waals surface area contributed by atoms with Crippen molar-refractivity contribution in [1.29, 1.82) is 0 Å². The Balaban J connectivity index is 1.93. The van der Waals surface area contributed by atoms with E-state index in [2.05, 4.69) is 5.32 Å². The van der Waals surface area contributed by atoms with Crippen LogP contribution in [0.3, 0.4) is 0 Å². The summed E-state index contributed by atoms with van der Waals surface area (Å²) in [6, 6.07) is 10.9. The lowest BCUT2D eigenvalue weighted by molar-refractivity contribution is -0.160. The lowest BCUT2D eigenvalue weighted by atomic mass is 9.73. The van der Waals surface area contributed by atoms with Crippen LogP contribution in [0.5, 0.6) is 0 Å². The zero-order chi connectivity index (χ0) is 23.5. The minimum Gasteiger partial charge on any atom is -0.469 e. The number of para-hydroxylation sites is 1. The molecule has 0 unspecified atom stereocenters. The maximum atomic E-state index is 13.4. The summed E-state index contributed by atoms with van der Waals surface area (Å²) in [6.07, 6.45) is 5.55. The molecule has 1 heterocycles. The van der Waals surface area contributed by atoms with Gasteiger partial charge in [-0.25, -0.2) is 0 Å². The smallest absolute Gasteiger partial charge is 0.311 e. The first-order valence-corrected chi connectivity index (χ1v) is 11.7. The Morgan fingerprint density at radius 3 is 2.30 bits per heavy atom. The molecule has 0 radical (unpaired) electrons. The minimum absolute atomic E-state index is 0.125. The van der Waals surface area contributed by atoms with Gasteiger partial charge in [-0.1, -0.05) is 37.5 Å². The Bertz CT molecular complexity index is 1070. The van der Waals surface area contributed by atoms with Gasteiger partial charge in [-0.15, -0.1) is 0 Å². The largest absolute Gasteiger partial charge is 0.469 e. The molecule has 33 heavy (non-hydrogen) atoms. The van der Waals surface area contributed by atoms with E-state index in [1.54, 1.807) is 6.07 Å². The number of pyridine rings is 1. The van der Waals surface area contributed by atoms with E-state index in [0.717, 1.165) is 42.8 Å². The van der Waals surface area contributed by atoms with Crippen molar-refractivity contribution in [2.45, 2.75) is 57.5 Å². The predicted octanol–water partition coefficient (Wildman–Crippen LogP) is 3.24. The van der Waals surface area contributed by atoms with Gasteiger partial charge < -0.3 is 19.4 Å². The summed E-state index contributed by atoms with van der Waals surface area (Å²) in [6.45, 7) is 1.89. The monoisotopic (exact) mass is 452 g/mol. The van der Waals surface area contributed by atoms with Crippen molar-refractivity contribution >= 4 is 11.9 Å². The molecule has 1 aromatic carbocycles. The summed E-state index contributed by atoms with van der Waals surface area (Å²) < 4.78 is 12.3. The van der Waals surface area contributed by atoms with Crippen LogP contribution in [0.25, 0.3) is 5.69 Å². The van der Waals surface area contributed by atoms with Crippen molar-refractivity contribution in [2.24, 2.45) is 11.8 Å². The zero-order valence-electron chi connectivity index (χ0n) is 19.5. The Hall–Kier alpha value is -2.93. The molecule has 2 aromatic rings. The third-order valence-corrected chi connectivity index (χ3v) is 7.07. The van der Waals surface area contributed by atoms with Crippen LogP contribution < -0.4 is 10.7 Å². The molecule has 4 rings (SSSR count). The van der Waals surface area contributed by atoms with Crippen LogP contribution >= 0.6 is 0 Å². The van der Waals surface area contributed by atoms with Crippen LogP contribution in [0.15, 0.2) is 41.2 Å². The molecule has 0 amide bonds. The first-order chi connectivity index (χ1) is 16.0. The van der Waals surface area contributed by atoms with Crippen LogP contribution in [-0.2, 0) is 25.5 Å². The van der Waals surface area contributed by atoms with Crippen molar-refractivity contribution in [3.8, 4) is 5.69 Å². The highest BCUT2D eigenvalue weighted by Gasteiger charge is 2.48. The number of nitrogens with zero attached hydrogens (tertiary/aromatic N) is 1.